The molecule has 14 heavy (non-hydrogen) atoms. The number of rotatable bonds is 3. The van der Waals surface area contributed by atoms with Crippen LogP contribution >= 0.6 is 0 Å². The van der Waals surface area contributed by atoms with E-state index in [1.54, 1.807) is 0 Å². The molecule has 0 aromatic heterocycles. The molecule has 2 aliphatic rings. The second-order valence-electron chi connectivity index (χ2n) is 3.84. The first-order valence-corrected chi connectivity index (χ1v) is 6.53. The lowest BCUT2D eigenvalue weighted by Crippen LogP contribution is -2.42. The van der Waals surface area contributed by atoms with Crippen molar-refractivity contribution in [2.75, 3.05) is 26.3 Å². The lowest BCUT2D eigenvalue weighted by molar-refractivity contribution is 0.192. The summed E-state index contributed by atoms with van der Waals surface area (Å²) in [7, 11) is -3.14. The maximum Gasteiger partial charge on any atom is 0.216 e. The van der Waals surface area contributed by atoms with E-state index in [0.717, 1.165) is 13.0 Å². The van der Waals surface area contributed by atoms with Crippen molar-refractivity contribution in [3.05, 3.63) is 0 Å². The molecule has 5 nitrogen and oxygen atoms in total. The van der Waals surface area contributed by atoms with E-state index >= 15 is 0 Å². The Hall–Kier alpha value is -0.170. The molecule has 2 aliphatic heterocycles. The minimum atomic E-state index is -3.14. The summed E-state index contributed by atoms with van der Waals surface area (Å²) in [6.45, 7) is 2.55. The molecule has 2 fully saturated rings. The van der Waals surface area contributed by atoms with E-state index in [1.165, 1.54) is 0 Å². The Bertz CT molecular complexity index is 279. The molecule has 0 aromatic carbocycles. The Labute approximate surface area is 84.3 Å². The van der Waals surface area contributed by atoms with Gasteiger partial charge in [-0.1, -0.05) is 0 Å². The highest BCUT2D eigenvalue weighted by Crippen LogP contribution is 2.12. The lowest BCUT2D eigenvalue weighted by Gasteiger charge is -2.15. The van der Waals surface area contributed by atoms with Crippen molar-refractivity contribution in [1.29, 1.82) is 0 Å². The summed E-state index contributed by atoms with van der Waals surface area (Å²) < 4.78 is 31.4. The molecule has 2 saturated heterocycles. The maximum atomic E-state index is 11.8. The van der Waals surface area contributed by atoms with Crippen LogP contribution in [0.15, 0.2) is 0 Å². The molecule has 2 unspecified atom stereocenters. The first kappa shape index (κ1) is 10.4. The van der Waals surface area contributed by atoms with E-state index in [4.69, 9.17) is 4.74 Å². The van der Waals surface area contributed by atoms with Crippen LogP contribution < -0.4 is 10.0 Å². The van der Waals surface area contributed by atoms with E-state index < -0.39 is 10.0 Å². The molecule has 0 spiro atoms. The quantitative estimate of drug-likeness (QED) is 0.644. The first-order chi connectivity index (χ1) is 6.68. The van der Waals surface area contributed by atoms with Gasteiger partial charge in [0.25, 0.3) is 0 Å². The van der Waals surface area contributed by atoms with Gasteiger partial charge in [-0.25, -0.2) is 13.1 Å². The Kier molecular flexibility index (Phi) is 3.06. The third kappa shape index (κ3) is 2.25. The third-order valence-electron chi connectivity index (χ3n) is 2.71. The molecular weight excluding hydrogens is 204 g/mol. The van der Waals surface area contributed by atoms with Crippen LogP contribution in [0.1, 0.15) is 12.8 Å². The first-order valence-electron chi connectivity index (χ1n) is 4.98. The van der Waals surface area contributed by atoms with Gasteiger partial charge in [-0.2, -0.15) is 0 Å². The fraction of sp³-hybridized carbons (Fsp3) is 1.00. The number of ether oxygens (including phenoxy) is 1. The molecule has 2 rings (SSSR count). The normalized spacial score (nSPS) is 33.7. The van der Waals surface area contributed by atoms with Crippen LogP contribution in [0.5, 0.6) is 0 Å². The van der Waals surface area contributed by atoms with Crippen molar-refractivity contribution in [3.8, 4) is 0 Å². The monoisotopic (exact) mass is 220 g/mol. The van der Waals surface area contributed by atoms with Gasteiger partial charge in [0.2, 0.25) is 10.0 Å². The molecule has 2 atom stereocenters. The SMILES string of the molecule is O=S(=O)(NC1CCOC1)C1CCNC1. The molecule has 0 amide bonds. The van der Waals surface area contributed by atoms with Gasteiger partial charge in [0, 0.05) is 19.2 Å². The van der Waals surface area contributed by atoms with E-state index in [9.17, 15) is 8.42 Å². The number of hydrogen-bond donors (Lipinski definition) is 2. The second-order valence-corrected chi connectivity index (χ2v) is 5.83. The van der Waals surface area contributed by atoms with Crippen molar-refractivity contribution in [2.45, 2.75) is 24.1 Å². The molecule has 2 heterocycles. The van der Waals surface area contributed by atoms with Crippen LogP contribution in [0.25, 0.3) is 0 Å². The van der Waals surface area contributed by atoms with E-state index in [1.807, 2.05) is 0 Å². The molecule has 0 bridgehead atoms. The minimum Gasteiger partial charge on any atom is -0.380 e. The molecular formula is C8H16N2O3S. The van der Waals surface area contributed by atoms with E-state index in [2.05, 4.69) is 10.0 Å². The fourth-order valence-electron chi connectivity index (χ4n) is 1.85. The summed E-state index contributed by atoms with van der Waals surface area (Å²) in [6.07, 6.45) is 1.50. The number of hydrogen-bond acceptors (Lipinski definition) is 4. The molecule has 0 saturated carbocycles. The van der Waals surface area contributed by atoms with Crippen molar-refractivity contribution in [1.82, 2.24) is 10.0 Å². The zero-order chi connectivity index (χ0) is 10.0. The summed E-state index contributed by atoms with van der Waals surface area (Å²) in [4.78, 5) is 0. The highest BCUT2D eigenvalue weighted by Gasteiger charge is 2.31. The zero-order valence-electron chi connectivity index (χ0n) is 8.03. The van der Waals surface area contributed by atoms with Crippen LogP contribution in [-0.4, -0.2) is 46.0 Å². The van der Waals surface area contributed by atoms with E-state index in [0.29, 0.717) is 26.2 Å². The Morgan fingerprint density at radius 3 is 2.79 bits per heavy atom. The predicted molar refractivity (Wildman–Crippen MR) is 52.6 cm³/mol. The molecule has 6 heteroatoms. The topological polar surface area (TPSA) is 67.4 Å². The Morgan fingerprint density at radius 1 is 1.36 bits per heavy atom. The highest BCUT2D eigenvalue weighted by atomic mass is 32.2. The van der Waals surface area contributed by atoms with Gasteiger partial charge < -0.3 is 10.1 Å². The van der Waals surface area contributed by atoms with Crippen LogP contribution in [0, 0.1) is 0 Å². The fourth-order valence-corrected chi connectivity index (χ4v) is 3.46. The van der Waals surface area contributed by atoms with Crippen LogP contribution in [0.4, 0.5) is 0 Å². The standard InChI is InChI=1S/C8H16N2O3S/c11-14(12,8-1-3-9-5-8)10-7-2-4-13-6-7/h7-10H,1-6H2. The zero-order valence-corrected chi connectivity index (χ0v) is 8.85. The summed E-state index contributed by atoms with van der Waals surface area (Å²) in [5.74, 6) is 0. The van der Waals surface area contributed by atoms with Crippen molar-refractivity contribution in [2.24, 2.45) is 0 Å². The highest BCUT2D eigenvalue weighted by molar-refractivity contribution is 7.90. The molecule has 0 radical (unpaired) electrons. The van der Waals surface area contributed by atoms with Crippen molar-refractivity contribution < 1.29 is 13.2 Å². The average molecular weight is 220 g/mol. The lowest BCUT2D eigenvalue weighted by atomic mass is 10.3. The van der Waals surface area contributed by atoms with Gasteiger partial charge in [0.05, 0.1) is 11.9 Å². The third-order valence-corrected chi connectivity index (χ3v) is 4.66. The molecule has 0 aliphatic carbocycles. The van der Waals surface area contributed by atoms with Gasteiger partial charge in [-0.3, -0.25) is 0 Å². The molecule has 0 aromatic rings. The maximum absolute atomic E-state index is 11.8. The summed E-state index contributed by atoms with van der Waals surface area (Å²) in [6, 6.07) is -0.0133. The predicted octanol–water partition coefficient (Wildman–Crippen LogP) is -0.943. The van der Waals surface area contributed by atoms with Crippen molar-refractivity contribution >= 4 is 10.0 Å². The van der Waals surface area contributed by atoms with E-state index in [-0.39, 0.29) is 11.3 Å². The number of sulfonamides is 1. The Balaban J connectivity index is 1.93. The van der Waals surface area contributed by atoms with Gasteiger partial charge in [-0.15, -0.1) is 0 Å². The molecule has 2 N–H and O–H groups in total. The van der Waals surface area contributed by atoms with Crippen LogP contribution in [0.2, 0.25) is 0 Å². The van der Waals surface area contributed by atoms with Crippen LogP contribution in [0.3, 0.4) is 0 Å². The summed E-state index contributed by atoms with van der Waals surface area (Å²) >= 11 is 0. The van der Waals surface area contributed by atoms with Gasteiger partial charge in [-0.05, 0) is 19.4 Å². The van der Waals surface area contributed by atoms with Crippen molar-refractivity contribution in [3.63, 3.8) is 0 Å². The van der Waals surface area contributed by atoms with Gasteiger partial charge >= 0.3 is 0 Å². The van der Waals surface area contributed by atoms with Gasteiger partial charge in [0.1, 0.15) is 0 Å². The summed E-state index contributed by atoms with van der Waals surface area (Å²) in [5, 5.41) is 2.79. The smallest absolute Gasteiger partial charge is 0.216 e. The number of nitrogens with one attached hydrogen (secondary N) is 2. The van der Waals surface area contributed by atoms with Gasteiger partial charge in [0.15, 0.2) is 0 Å². The summed E-state index contributed by atoms with van der Waals surface area (Å²) in [5.41, 5.74) is 0. The largest absolute Gasteiger partial charge is 0.380 e. The average Bonchev–Trinajstić information content (AvgIpc) is 2.71. The Morgan fingerprint density at radius 2 is 2.21 bits per heavy atom. The minimum absolute atomic E-state index is 0.0133. The molecule has 82 valence electrons. The van der Waals surface area contributed by atoms with Crippen LogP contribution in [-0.2, 0) is 14.8 Å². The second kappa shape index (κ2) is 4.14.